The maximum Gasteiger partial charge on any atom is 0.298 e. The van der Waals surface area contributed by atoms with Gasteiger partial charge in [0, 0.05) is 107 Å². The average molecular weight is 1290 g/mol. The number of hydrogen-bond donors (Lipinski definition) is 1. The number of aromatic nitrogens is 9. The molecule has 6 atom stereocenters. The van der Waals surface area contributed by atoms with Gasteiger partial charge in [-0.1, -0.05) is 12.1 Å². The quantitative estimate of drug-likeness (QED) is 0.0937. The van der Waals surface area contributed by atoms with Crippen LogP contribution in [0.5, 0.6) is 17.2 Å². The normalized spacial score (nSPS) is 21.5. The summed E-state index contributed by atoms with van der Waals surface area (Å²) < 4.78 is 22.1. The van der Waals surface area contributed by atoms with Crippen molar-refractivity contribution in [1.29, 1.82) is 15.8 Å². The van der Waals surface area contributed by atoms with Gasteiger partial charge < -0.3 is 34.2 Å². The Labute approximate surface area is 561 Å². The van der Waals surface area contributed by atoms with Crippen molar-refractivity contribution in [3.8, 4) is 106 Å². The van der Waals surface area contributed by atoms with E-state index in [0.717, 1.165) is 144 Å². The summed E-state index contributed by atoms with van der Waals surface area (Å²) in [5, 5.41) is 45.0. The Bertz CT molecular complexity index is 4730. The zero-order chi connectivity index (χ0) is 67.4. The molecule has 15 heterocycles. The van der Waals surface area contributed by atoms with Crippen molar-refractivity contribution in [2.75, 3.05) is 38.2 Å². The highest BCUT2D eigenvalue weighted by atomic mass is 16.5. The van der Waals surface area contributed by atoms with Crippen molar-refractivity contribution >= 4 is 40.1 Å². The van der Waals surface area contributed by atoms with E-state index in [0.29, 0.717) is 77.4 Å². The third-order valence-electron chi connectivity index (χ3n) is 19.8. The number of rotatable bonds is 15. The van der Waals surface area contributed by atoms with Crippen LogP contribution in [0.1, 0.15) is 100 Å². The molecule has 6 saturated heterocycles. The molecular formula is C75H70N16O6. The minimum absolute atomic E-state index is 0.176. The van der Waals surface area contributed by atoms with Crippen LogP contribution in [0.2, 0.25) is 0 Å². The Kier molecular flexibility index (Phi) is 18.3. The first-order chi connectivity index (χ1) is 47.3. The summed E-state index contributed by atoms with van der Waals surface area (Å²) in [6, 6.07) is 25.8. The van der Waals surface area contributed by atoms with Gasteiger partial charge in [0.05, 0.1) is 90.2 Å². The first-order valence-corrected chi connectivity index (χ1v) is 32.9. The van der Waals surface area contributed by atoms with Gasteiger partial charge in [0.15, 0.2) is 0 Å². The molecule has 2 aliphatic carbocycles. The monoisotopic (exact) mass is 1290 g/mol. The number of nitriles is 3. The van der Waals surface area contributed by atoms with Crippen molar-refractivity contribution in [3.05, 3.63) is 138 Å². The van der Waals surface area contributed by atoms with E-state index in [4.69, 9.17) is 43.4 Å². The zero-order valence-corrected chi connectivity index (χ0v) is 54.1. The van der Waals surface area contributed by atoms with E-state index in [-0.39, 0.29) is 47.9 Å². The molecule has 22 heteroatoms. The van der Waals surface area contributed by atoms with Gasteiger partial charge in [0.25, 0.3) is 17.7 Å². The molecule has 0 aromatic carbocycles. The minimum atomic E-state index is -0.196. The van der Waals surface area contributed by atoms with Gasteiger partial charge in [0.1, 0.15) is 41.3 Å². The maximum absolute atomic E-state index is 12.1. The van der Waals surface area contributed by atoms with Crippen molar-refractivity contribution in [1.82, 2.24) is 58.5 Å². The molecule has 1 N–H and O–H groups in total. The largest absolute Gasteiger partial charge is 0.492 e. The van der Waals surface area contributed by atoms with Crippen molar-refractivity contribution < 1.29 is 28.6 Å². The molecule has 17 rings (SSSR count). The predicted molar refractivity (Wildman–Crippen MR) is 361 cm³/mol. The van der Waals surface area contributed by atoms with E-state index in [9.17, 15) is 30.2 Å². The van der Waals surface area contributed by atoms with Gasteiger partial charge in [-0.3, -0.25) is 24.4 Å². The van der Waals surface area contributed by atoms with E-state index < -0.39 is 0 Å². The van der Waals surface area contributed by atoms with Crippen LogP contribution in [0, 0.1) is 94.7 Å². The number of piperidine rings is 4. The molecule has 6 bridgehead atoms. The summed E-state index contributed by atoms with van der Waals surface area (Å²) >= 11 is 0. The summed E-state index contributed by atoms with van der Waals surface area (Å²) in [6.45, 7) is 8.92. The number of hydrogen-bond acceptors (Lipinski definition) is 16. The summed E-state index contributed by atoms with van der Waals surface area (Å²) in [5.41, 5.74) is 11.1. The molecule has 3 amide bonds. The van der Waals surface area contributed by atoms with Crippen LogP contribution in [0.3, 0.4) is 0 Å². The Morgan fingerprint density at radius 2 is 0.938 bits per heavy atom. The molecule has 97 heavy (non-hydrogen) atoms. The highest BCUT2D eigenvalue weighted by molar-refractivity contribution is 5.95. The second-order valence-electron chi connectivity index (χ2n) is 25.4. The number of anilines is 1. The van der Waals surface area contributed by atoms with E-state index in [1.54, 1.807) is 61.8 Å². The fourth-order valence-corrected chi connectivity index (χ4v) is 15.6. The number of amides is 3. The van der Waals surface area contributed by atoms with E-state index in [2.05, 4.69) is 67.6 Å². The zero-order valence-electron chi connectivity index (χ0n) is 54.1. The number of nitrogens with zero attached hydrogens (tertiary/aromatic N) is 15. The van der Waals surface area contributed by atoms with Crippen molar-refractivity contribution in [3.63, 3.8) is 0 Å². The summed E-state index contributed by atoms with van der Waals surface area (Å²) in [4.78, 5) is 55.4. The highest BCUT2D eigenvalue weighted by Crippen LogP contribution is 2.48. The average Bonchev–Trinajstić information content (AvgIpc) is 1.64. The second-order valence-corrected chi connectivity index (χ2v) is 25.4. The molecule has 9 aromatic heterocycles. The lowest BCUT2D eigenvalue weighted by Crippen LogP contribution is -2.62. The van der Waals surface area contributed by atoms with Gasteiger partial charge in [-0.2, -0.15) is 31.1 Å². The molecule has 8 aliphatic rings. The molecule has 6 aliphatic heterocycles. The van der Waals surface area contributed by atoms with E-state index in [1.807, 2.05) is 91.5 Å². The molecule has 8 fully saturated rings. The number of carbonyl (C=O) groups excluding carboxylic acids is 3. The van der Waals surface area contributed by atoms with Crippen LogP contribution >= 0.6 is 0 Å². The number of nitrogens with one attached hydrogen (secondary N) is 1. The number of pyridine rings is 6. The highest BCUT2D eigenvalue weighted by Gasteiger charge is 2.49. The maximum atomic E-state index is 12.1. The number of fused-ring (bicyclic) bond motifs is 9. The van der Waals surface area contributed by atoms with Crippen LogP contribution in [0.4, 0.5) is 5.82 Å². The van der Waals surface area contributed by atoms with Crippen LogP contribution in [-0.2, 0) is 27.2 Å². The van der Waals surface area contributed by atoms with Gasteiger partial charge >= 0.3 is 0 Å². The molecule has 0 spiro atoms. The molecular weight excluding hydrogens is 1220 g/mol. The lowest BCUT2D eigenvalue weighted by molar-refractivity contribution is -0.145. The first kappa shape index (κ1) is 64.0. The second kappa shape index (κ2) is 27.7. The Morgan fingerprint density at radius 1 is 0.515 bits per heavy atom. The molecule has 6 unspecified atom stereocenters. The van der Waals surface area contributed by atoms with Gasteiger partial charge in [-0.25, -0.2) is 18.5 Å². The molecule has 9 aromatic rings. The first-order valence-electron chi connectivity index (χ1n) is 32.9. The lowest BCUT2D eigenvalue weighted by atomic mass is 9.60. The number of terminal acetylenes is 3. The van der Waals surface area contributed by atoms with Crippen LogP contribution in [0.25, 0.3) is 49.9 Å². The smallest absolute Gasteiger partial charge is 0.298 e. The Hall–Kier alpha value is -11.7. The Morgan fingerprint density at radius 3 is 1.33 bits per heavy atom. The minimum Gasteiger partial charge on any atom is -0.492 e. The molecule has 2 saturated carbocycles. The molecule has 0 radical (unpaired) electrons. The van der Waals surface area contributed by atoms with E-state index >= 15 is 0 Å². The van der Waals surface area contributed by atoms with Gasteiger partial charge in [0.2, 0.25) is 0 Å². The molecule has 22 nitrogen and oxygen atoms in total. The van der Waals surface area contributed by atoms with Crippen molar-refractivity contribution in [2.24, 2.45) is 23.7 Å². The third kappa shape index (κ3) is 12.8. The predicted octanol–water partition coefficient (Wildman–Crippen LogP) is 9.39. The summed E-state index contributed by atoms with van der Waals surface area (Å²) in [6.07, 6.45) is 41.2. The molecule has 486 valence electrons. The number of carbonyl (C=O) groups is 3. The standard InChI is InChI=1S/C25H24N6O2.2C25H23N5O2/c1-3-24(32)31-19-6-7-20(31)10-18(9-19)29-23-8-5-16(13-27-23)22-11-21(33-4-2)15-30-25(22)17(12-26)14-28-30;1-3-24(31)30-20-8-16(9-21(30)10-20)7-19-6-5-17(13-27-19)23-11-22(32-4-2)15-29-25(23)18(12-26)14-28-29;1-3-24(31)29-13-17-7-18(14-29)22(17)8-20-6-5-16(11-27-20)23-9-21(32-4-2)15-30-25(23)19(10-26)12-28-30/h1,5,8,11,13-15,18-20H,4,6-7,9-10H2,2H3,(H,27,29);1,5-6,11,13-16,20-21H,4,7-10H2,2H3;1,5-6,9,11-12,15,17-18,22H,4,7-8,13-14H2,2H3. The fourth-order valence-electron chi connectivity index (χ4n) is 15.6. The topological polar surface area (TPSA) is 263 Å². The van der Waals surface area contributed by atoms with Gasteiger partial charge in [-0.15, -0.1) is 19.3 Å². The van der Waals surface area contributed by atoms with Crippen LogP contribution in [-0.4, -0.2) is 139 Å². The lowest BCUT2D eigenvalue weighted by Gasteiger charge is -2.54. The summed E-state index contributed by atoms with van der Waals surface area (Å²) in [7, 11) is 0. The van der Waals surface area contributed by atoms with Crippen LogP contribution < -0.4 is 19.5 Å². The summed E-state index contributed by atoms with van der Waals surface area (Å²) in [5.74, 6) is 11.1. The SMILES string of the molecule is C#CC(=O)N1C2CC(Cc3ccc(-c4cc(OCC)cn5ncc(C#N)c45)cn3)CC1C2.C#CC(=O)N1C2CCC1CC(Nc1ccc(-c3cc(OCC)cn4ncc(C#N)c34)cn1)C2.C#CC(=O)N1CC2CC(C1)C2Cc1ccc(-c2cc(OCC)cn3ncc(C#N)c23)cn1. The van der Waals surface area contributed by atoms with Crippen LogP contribution in [0.15, 0.2) is 110 Å². The Balaban J connectivity index is 0.000000131. The fraction of sp³-hybridized carbons (Fsp3) is 0.360. The third-order valence-corrected chi connectivity index (χ3v) is 19.8. The van der Waals surface area contributed by atoms with Crippen molar-refractivity contribution in [2.45, 2.75) is 115 Å². The van der Waals surface area contributed by atoms with Gasteiger partial charge in [-0.05, 0) is 169 Å². The number of ether oxygens (including phenoxy) is 3. The van der Waals surface area contributed by atoms with E-state index in [1.165, 1.54) is 0 Å².